The van der Waals surface area contributed by atoms with Gasteiger partial charge in [-0.05, 0) is 90.1 Å². The third kappa shape index (κ3) is 7.78. The summed E-state index contributed by atoms with van der Waals surface area (Å²) in [5.41, 5.74) is 2.19. The Morgan fingerprint density at radius 2 is 1.14 bits per heavy atom. The maximum Gasteiger partial charge on any atom is 0.251 e. The molecule has 0 aliphatic carbocycles. The lowest BCUT2D eigenvalue weighted by Crippen LogP contribution is -2.40. The van der Waals surface area contributed by atoms with Crippen LogP contribution in [0.25, 0.3) is 0 Å². The lowest BCUT2D eigenvalue weighted by molar-refractivity contribution is 0.0910. The van der Waals surface area contributed by atoms with E-state index in [-0.39, 0.29) is 22.9 Å². The summed E-state index contributed by atoms with van der Waals surface area (Å²) in [5, 5.41) is 8.93. The summed E-state index contributed by atoms with van der Waals surface area (Å²) in [7, 11) is 0. The number of carbonyl (C=O) groups is 2. The van der Waals surface area contributed by atoms with Gasteiger partial charge in [0.15, 0.2) is 0 Å². The Morgan fingerprint density at radius 3 is 1.55 bits per heavy atom. The van der Waals surface area contributed by atoms with E-state index in [1.807, 2.05) is 53.7 Å². The number of carbonyl (C=O) groups excluding carboxylic acids is 2. The highest BCUT2D eigenvalue weighted by Gasteiger charge is 2.15. The number of nitrogens with zero attached hydrogens (tertiary/aromatic N) is 1. The van der Waals surface area contributed by atoms with Crippen LogP contribution in [-0.2, 0) is 0 Å². The highest BCUT2D eigenvalue weighted by atomic mass is 16.2. The van der Waals surface area contributed by atoms with Crippen LogP contribution in [0.2, 0.25) is 0 Å². The Morgan fingerprint density at radius 1 is 0.724 bits per heavy atom. The molecule has 2 rings (SSSR count). The van der Waals surface area contributed by atoms with Crippen molar-refractivity contribution in [3.05, 3.63) is 59.7 Å². The fourth-order valence-electron chi connectivity index (χ4n) is 2.42. The smallest absolute Gasteiger partial charge is 0.251 e. The van der Waals surface area contributed by atoms with E-state index >= 15 is 0 Å². The Hall–Kier alpha value is -3.15. The molecule has 2 amide bonds. The second-order valence-electron chi connectivity index (χ2n) is 8.94. The number of rotatable bonds is 5. The summed E-state index contributed by atoms with van der Waals surface area (Å²) < 4.78 is 0. The number of hydrogen-bond acceptors (Lipinski definition) is 3. The van der Waals surface area contributed by atoms with Crippen LogP contribution >= 0.6 is 0 Å². The molecular formula is C23H30N4O2. The van der Waals surface area contributed by atoms with Gasteiger partial charge in [0, 0.05) is 27.9 Å². The molecule has 2 aromatic carbocycles. The van der Waals surface area contributed by atoms with E-state index in [4.69, 9.17) is 0 Å². The van der Waals surface area contributed by atoms with E-state index < -0.39 is 0 Å². The first-order valence-electron chi connectivity index (χ1n) is 9.57. The van der Waals surface area contributed by atoms with E-state index in [2.05, 4.69) is 20.9 Å². The van der Waals surface area contributed by atoms with E-state index in [9.17, 15) is 9.59 Å². The van der Waals surface area contributed by atoms with Crippen LogP contribution in [0.5, 0.6) is 0 Å². The molecule has 0 unspecified atom stereocenters. The predicted octanol–water partition coefficient (Wildman–Crippen LogP) is 4.52. The first-order valence-corrected chi connectivity index (χ1v) is 9.57. The number of amides is 2. The van der Waals surface area contributed by atoms with Gasteiger partial charge in [0.2, 0.25) is 0 Å². The Bertz CT molecular complexity index is 871. The highest BCUT2D eigenvalue weighted by Crippen LogP contribution is 2.14. The van der Waals surface area contributed by atoms with Gasteiger partial charge in [-0.1, -0.05) is 0 Å². The minimum absolute atomic E-state index is 0.103. The highest BCUT2D eigenvalue weighted by molar-refractivity contribution is 5.95. The zero-order chi connectivity index (χ0) is 21.7. The molecule has 0 aliphatic heterocycles. The van der Waals surface area contributed by atoms with Crippen LogP contribution in [0.15, 0.2) is 53.5 Å². The summed E-state index contributed by atoms with van der Waals surface area (Å²) in [6, 6.07) is 14.2. The summed E-state index contributed by atoms with van der Waals surface area (Å²) in [4.78, 5) is 28.6. The number of aliphatic imine (C=N–C) groups is 1. The van der Waals surface area contributed by atoms with Crippen molar-refractivity contribution >= 4 is 29.5 Å². The molecule has 6 nitrogen and oxygen atoms in total. The fourth-order valence-corrected chi connectivity index (χ4v) is 2.42. The molecule has 0 saturated heterocycles. The van der Waals surface area contributed by atoms with Crippen molar-refractivity contribution < 1.29 is 9.59 Å². The van der Waals surface area contributed by atoms with Crippen molar-refractivity contribution in [2.24, 2.45) is 4.99 Å². The third-order valence-corrected chi connectivity index (χ3v) is 3.70. The van der Waals surface area contributed by atoms with Crippen LogP contribution in [-0.4, -0.2) is 29.2 Å². The molecule has 0 spiro atoms. The lowest BCUT2D eigenvalue weighted by atomic mass is 10.1. The first kappa shape index (κ1) is 22.1. The van der Waals surface area contributed by atoms with Gasteiger partial charge in [-0.25, -0.2) is 4.99 Å². The standard InChI is InChI=1S/C23H30N4O2/c1-22(2,3)26-20(28)16-7-11-18(12-8-16)24-15-25-19-13-9-17(10-14-19)21(29)27-23(4,5)6/h7-15H,1-6H3,(H,24,25)(H,26,28)(H,27,29). The van der Waals surface area contributed by atoms with Gasteiger partial charge >= 0.3 is 0 Å². The number of hydrogen-bond donors (Lipinski definition) is 3. The second-order valence-corrected chi connectivity index (χ2v) is 8.94. The fraction of sp³-hybridized carbons (Fsp3) is 0.348. The number of benzene rings is 2. The van der Waals surface area contributed by atoms with Gasteiger partial charge in [-0.15, -0.1) is 0 Å². The first-order chi connectivity index (χ1) is 13.4. The Kier molecular flexibility index (Phi) is 6.80. The largest absolute Gasteiger partial charge is 0.347 e. The average molecular weight is 395 g/mol. The molecule has 29 heavy (non-hydrogen) atoms. The molecule has 0 aliphatic rings. The molecular weight excluding hydrogens is 364 g/mol. The van der Waals surface area contributed by atoms with Gasteiger partial charge in [0.25, 0.3) is 11.8 Å². The van der Waals surface area contributed by atoms with Gasteiger partial charge in [0.05, 0.1) is 12.0 Å². The SMILES string of the molecule is CC(C)(C)NC(=O)c1ccc(N=CNc2ccc(C(=O)NC(C)(C)C)cc2)cc1. The van der Waals surface area contributed by atoms with Crippen LogP contribution in [0.4, 0.5) is 11.4 Å². The van der Waals surface area contributed by atoms with Crippen molar-refractivity contribution in [2.45, 2.75) is 52.6 Å². The molecule has 0 atom stereocenters. The van der Waals surface area contributed by atoms with Gasteiger partial charge in [-0.3, -0.25) is 9.59 Å². The second kappa shape index (κ2) is 8.90. The molecule has 6 heteroatoms. The van der Waals surface area contributed by atoms with Gasteiger partial charge in [0.1, 0.15) is 0 Å². The summed E-state index contributed by atoms with van der Waals surface area (Å²) in [6.45, 7) is 11.7. The minimum atomic E-state index is -0.277. The van der Waals surface area contributed by atoms with Gasteiger partial charge < -0.3 is 16.0 Å². The van der Waals surface area contributed by atoms with E-state index in [0.717, 1.165) is 11.4 Å². The van der Waals surface area contributed by atoms with Crippen molar-refractivity contribution in [2.75, 3.05) is 5.32 Å². The molecule has 0 bridgehead atoms. The number of anilines is 1. The van der Waals surface area contributed by atoms with E-state index in [1.165, 1.54) is 0 Å². The Labute approximate surface area is 172 Å². The van der Waals surface area contributed by atoms with Crippen LogP contribution in [0.3, 0.4) is 0 Å². The van der Waals surface area contributed by atoms with Crippen molar-refractivity contribution in [1.29, 1.82) is 0 Å². The topological polar surface area (TPSA) is 82.6 Å². The Balaban J connectivity index is 1.93. The molecule has 0 radical (unpaired) electrons. The average Bonchev–Trinajstić information content (AvgIpc) is 2.60. The van der Waals surface area contributed by atoms with E-state index in [0.29, 0.717) is 11.1 Å². The lowest BCUT2D eigenvalue weighted by Gasteiger charge is -2.20. The quantitative estimate of drug-likeness (QED) is 0.515. The van der Waals surface area contributed by atoms with Crippen LogP contribution < -0.4 is 16.0 Å². The van der Waals surface area contributed by atoms with Crippen molar-refractivity contribution in [3.63, 3.8) is 0 Å². The molecule has 0 saturated carbocycles. The summed E-state index contributed by atoms with van der Waals surface area (Å²) in [6.07, 6.45) is 1.58. The summed E-state index contributed by atoms with van der Waals surface area (Å²) in [5.74, 6) is -0.213. The van der Waals surface area contributed by atoms with E-state index in [1.54, 1.807) is 42.7 Å². The molecule has 3 N–H and O–H groups in total. The molecule has 0 fully saturated rings. The van der Waals surface area contributed by atoms with Gasteiger partial charge in [-0.2, -0.15) is 0 Å². The van der Waals surface area contributed by atoms with Crippen LogP contribution in [0, 0.1) is 0 Å². The molecule has 0 aromatic heterocycles. The molecule has 154 valence electrons. The minimum Gasteiger partial charge on any atom is -0.347 e. The zero-order valence-electron chi connectivity index (χ0n) is 18.0. The molecule has 0 heterocycles. The molecule has 2 aromatic rings. The monoisotopic (exact) mass is 394 g/mol. The maximum atomic E-state index is 12.1. The predicted molar refractivity (Wildman–Crippen MR) is 119 cm³/mol. The summed E-state index contributed by atoms with van der Waals surface area (Å²) >= 11 is 0. The maximum absolute atomic E-state index is 12.1. The van der Waals surface area contributed by atoms with Crippen molar-refractivity contribution in [3.8, 4) is 0 Å². The normalized spacial score (nSPS) is 11.9. The zero-order valence-corrected chi connectivity index (χ0v) is 18.0. The number of nitrogens with one attached hydrogen (secondary N) is 3. The van der Waals surface area contributed by atoms with Crippen molar-refractivity contribution in [1.82, 2.24) is 10.6 Å². The third-order valence-electron chi connectivity index (χ3n) is 3.70. The van der Waals surface area contributed by atoms with Crippen LogP contribution in [0.1, 0.15) is 62.3 Å².